The predicted molar refractivity (Wildman–Crippen MR) is 123 cm³/mol. The Hall–Kier alpha value is -3.26. The molecular weight excluding hydrogens is 406 g/mol. The highest BCUT2D eigenvalue weighted by atomic mass is 16.5. The third-order valence-corrected chi connectivity index (χ3v) is 6.65. The van der Waals surface area contributed by atoms with Crippen molar-refractivity contribution in [3.8, 4) is 5.75 Å². The number of benzene rings is 2. The number of ether oxygens (including phenoxy) is 1. The molecule has 0 spiro atoms. The largest absolute Gasteiger partial charge is 0.495 e. The van der Waals surface area contributed by atoms with Gasteiger partial charge in [0.15, 0.2) is 0 Å². The van der Waals surface area contributed by atoms with Crippen LogP contribution >= 0.6 is 0 Å². The van der Waals surface area contributed by atoms with E-state index >= 15 is 0 Å². The van der Waals surface area contributed by atoms with E-state index < -0.39 is 6.04 Å². The van der Waals surface area contributed by atoms with Crippen LogP contribution in [-0.4, -0.2) is 74.2 Å². The predicted octanol–water partition coefficient (Wildman–Crippen LogP) is 2.29. The minimum atomic E-state index is -0.422. The Balaban J connectivity index is 1.12. The van der Waals surface area contributed by atoms with Gasteiger partial charge in [-0.25, -0.2) is 4.79 Å². The van der Waals surface area contributed by atoms with E-state index in [1.165, 1.54) is 4.90 Å². The second-order valence-electron chi connectivity index (χ2n) is 8.48. The number of fused-ring (bicyclic) bond motifs is 3. The van der Waals surface area contributed by atoms with Gasteiger partial charge in [0, 0.05) is 44.0 Å². The molecule has 0 bridgehead atoms. The normalized spacial score (nSPS) is 22.8. The van der Waals surface area contributed by atoms with Gasteiger partial charge in [-0.3, -0.25) is 14.6 Å². The van der Waals surface area contributed by atoms with Crippen LogP contribution in [0.5, 0.6) is 5.75 Å². The van der Waals surface area contributed by atoms with E-state index in [0.717, 1.165) is 61.8 Å². The maximum atomic E-state index is 13.0. The Morgan fingerprint density at radius 3 is 2.47 bits per heavy atom. The van der Waals surface area contributed by atoms with E-state index in [4.69, 9.17) is 4.74 Å². The van der Waals surface area contributed by atoms with E-state index in [-0.39, 0.29) is 18.0 Å². The highest BCUT2D eigenvalue weighted by Crippen LogP contribution is 2.36. The average Bonchev–Trinajstić information content (AvgIpc) is 3.20. The van der Waals surface area contributed by atoms with Gasteiger partial charge in [0.1, 0.15) is 11.8 Å². The van der Waals surface area contributed by atoms with E-state index in [9.17, 15) is 9.59 Å². The summed E-state index contributed by atoms with van der Waals surface area (Å²) in [6.45, 7) is 5.03. The summed E-state index contributed by atoms with van der Waals surface area (Å²) in [7, 11) is 1.70. The van der Waals surface area contributed by atoms with Crippen molar-refractivity contribution in [3.05, 3.63) is 54.1 Å². The summed E-state index contributed by atoms with van der Waals surface area (Å²) >= 11 is 0. The molecule has 168 valence electrons. The third kappa shape index (κ3) is 3.75. The molecule has 2 aromatic carbocycles. The zero-order valence-corrected chi connectivity index (χ0v) is 18.3. The summed E-state index contributed by atoms with van der Waals surface area (Å²) in [4.78, 5) is 31.7. The zero-order valence-electron chi connectivity index (χ0n) is 18.3. The fourth-order valence-electron chi connectivity index (χ4n) is 4.94. The number of carbonyl (C=O) groups is 2. The van der Waals surface area contributed by atoms with Gasteiger partial charge in [-0.1, -0.05) is 30.3 Å². The maximum Gasteiger partial charge on any atom is 0.324 e. The van der Waals surface area contributed by atoms with Crippen molar-refractivity contribution >= 4 is 23.3 Å². The van der Waals surface area contributed by atoms with Crippen LogP contribution in [0.3, 0.4) is 0 Å². The van der Waals surface area contributed by atoms with Crippen LogP contribution < -0.4 is 20.3 Å². The van der Waals surface area contributed by atoms with Gasteiger partial charge in [-0.15, -0.1) is 0 Å². The second kappa shape index (κ2) is 8.70. The first-order valence-corrected chi connectivity index (χ1v) is 11.2. The Morgan fingerprint density at radius 2 is 1.66 bits per heavy atom. The van der Waals surface area contributed by atoms with Crippen molar-refractivity contribution < 1.29 is 14.3 Å². The lowest BCUT2D eigenvalue weighted by atomic mass is 10.0. The molecule has 5 rings (SSSR count). The van der Waals surface area contributed by atoms with Crippen molar-refractivity contribution in [2.75, 3.05) is 56.6 Å². The van der Waals surface area contributed by atoms with E-state index in [1.807, 2.05) is 42.5 Å². The molecule has 3 heterocycles. The number of carbonyl (C=O) groups excluding carboxylic acids is 2. The third-order valence-electron chi connectivity index (χ3n) is 6.65. The highest BCUT2D eigenvalue weighted by molar-refractivity contribution is 6.03. The van der Waals surface area contributed by atoms with E-state index in [2.05, 4.69) is 26.5 Å². The monoisotopic (exact) mass is 435 g/mol. The van der Waals surface area contributed by atoms with Gasteiger partial charge >= 0.3 is 6.03 Å². The number of para-hydroxylation sites is 3. The summed E-state index contributed by atoms with van der Waals surface area (Å²) in [5.41, 5.74) is 3.03. The van der Waals surface area contributed by atoms with Crippen LogP contribution in [0.4, 0.5) is 16.2 Å². The molecule has 8 nitrogen and oxygen atoms in total. The lowest BCUT2D eigenvalue weighted by molar-refractivity contribution is -0.131. The molecule has 2 N–H and O–H groups in total. The summed E-state index contributed by atoms with van der Waals surface area (Å²) in [5.74, 6) is 0.757. The van der Waals surface area contributed by atoms with Crippen molar-refractivity contribution in [2.24, 2.45) is 0 Å². The molecule has 32 heavy (non-hydrogen) atoms. The summed E-state index contributed by atoms with van der Waals surface area (Å²) in [6, 6.07) is 14.9. The standard InChI is InChI=1S/C24H29N5O3/c1-32-20-10-5-4-9-19(20)28-15-13-27(14-16-28)11-6-12-29-23(30)22-21(26-24(29)31)17-7-2-3-8-18(17)25-22/h2-5,7-10,21-22,25H,6,11-16H2,1H3,(H,26,31). The summed E-state index contributed by atoms with van der Waals surface area (Å²) < 4.78 is 5.49. The van der Waals surface area contributed by atoms with Crippen molar-refractivity contribution in [1.29, 1.82) is 0 Å². The van der Waals surface area contributed by atoms with Crippen LogP contribution in [0, 0.1) is 0 Å². The summed E-state index contributed by atoms with van der Waals surface area (Å²) in [6.07, 6.45) is 0.762. The first kappa shape index (κ1) is 20.6. The Morgan fingerprint density at radius 1 is 0.906 bits per heavy atom. The number of imide groups is 1. The van der Waals surface area contributed by atoms with Gasteiger partial charge in [0.2, 0.25) is 0 Å². The number of hydrogen-bond donors (Lipinski definition) is 2. The number of urea groups is 1. The molecular formula is C24H29N5O3. The fourth-order valence-corrected chi connectivity index (χ4v) is 4.94. The molecule has 2 aromatic rings. The van der Waals surface area contributed by atoms with Crippen LogP contribution in [0.1, 0.15) is 18.0 Å². The lowest BCUT2D eigenvalue weighted by Gasteiger charge is -2.37. The van der Waals surface area contributed by atoms with Gasteiger partial charge in [0.25, 0.3) is 5.91 Å². The molecule has 2 fully saturated rings. The van der Waals surface area contributed by atoms with Crippen LogP contribution in [0.15, 0.2) is 48.5 Å². The Kier molecular flexibility index (Phi) is 5.61. The van der Waals surface area contributed by atoms with Crippen molar-refractivity contribution in [1.82, 2.24) is 15.1 Å². The second-order valence-corrected chi connectivity index (χ2v) is 8.48. The maximum absolute atomic E-state index is 13.0. The molecule has 0 aromatic heterocycles. The quantitative estimate of drug-likeness (QED) is 0.725. The summed E-state index contributed by atoms with van der Waals surface area (Å²) in [5, 5.41) is 6.28. The van der Waals surface area contributed by atoms with Crippen molar-refractivity contribution in [3.63, 3.8) is 0 Å². The van der Waals surface area contributed by atoms with Crippen LogP contribution in [0.25, 0.3) is 0 Å². The average molecular weight is 436 g/mol. The van der Waals surface area contributed by atoms with Gasteiger partial charge in [0.05, 0.1) is 18.8 Å². The topological polar surface area (TPSA) is 77.2 Å². The van der Waals surface area contributed by atoms with Crippen LogP contribution in [-0.2, 0) is 4.79 Å². The van der Waals surface area contributed by atoms with E-state index in [1.54, 1.807) is 7.11 Å². The molecule has 2 atom stereocenters. The number of amides is 3. The first-order chi connectivity index (χ1) is 15.7. The molecule has 8 heteroatoms. The Bertz CT molecular complexity index is 1000. The number of nitrogens with zero attached hydrogens (tertiary/aromatic N) is 3. The molecule has 0 radical (unpaired) electrons. The Labute approximate surface area is 188 Å². The lowest BCUT2D eigenvalue weighted by Crippen LogP contribution is -2.59. The fraction of sp³-hybridized carbons (Fsp3) is 0.417. The number of methoxy groups -OCH3 is 1. The number of anilines is 2. The van der Waals surface area contributed by atoms with Gasteiger partial charge < -0.3 is 20.3 Å². The molecule has 3 aliphatic heterocycles. The highest BCUT2D eigenvalue weighted by Gasteiger charge is 2.45. The molecule has 2 unspecified atom stereocenters. The zero-order chi connectivity index (χ0) is 22.1. The van der Waals surface area contributed by atoms with Crippen LogP contribution in [0.2, 0.25) is 0 Å². The molecule has 0 saturated carbocycles. The number of hydrogen-bond acceptors (Lipinski definition) is 6. The van der Waals surface area contributed by atoms with Gasteiger partial charge in [-0.05, 0) is 31.2 Å². The number of rotatable bonds is 6. The molecule has 2 saturated heterocycles. The number of nitrogens with one attached hydrogen (secondary N) is 2. The smallest absolute Gasteiger partial charge is 0.324 e. The number of piperazine rings is 1. The molecule has 3 aliphatic rings. The van der Waals surface area contributed by atoms with Crippen molar-refractivity contribution in [2.45, 2.75) is 18.5 Å². The minimum Gasteiger partial charge on any atom is -0.495 e. The first-order valence-electron chi connectivity index (χ1n) is 11.2. The molecule has 0 aliphatic carbocycles. The minimum absolute atomic E-state index is 0.143. The van der Waals surface area contributed by atoms with E-state index in [0.29, 0.717) is 6.54 Å². The SMILES string of the molecule is COc1ccccc1N1CCN(CCCN2C(=O)NC3c4ccccc4NC3C2=O)CC1. The molecule has 3 amide bonds. The van der Waals surface area contributed by atoms with Gasteiger partial charge in [-0.2, -0.15) is 0 Å².